The molecule has 2 heteroatoms. The van der Waals surface area contributed by atoms with Crippen LogP contribution in [-0.4, -0.2) is 24.8 Å². The van der Waals surface area contributed by atoms with Crippen LogP contribution in [0.5, 0.6) is 0 Å². The first-order chi connectivity index (χ1) is 8.33. The molecule has 0 bridgehead atoms. The number of nitrogens with one attached hydrogen (secondary N) is 1. The van der Waals surface area contributed by atoms with E-state index in [4.69, 9.17) is 4.74 Å². The Kier molecular flexibility index (Phi) is 5.30. The molecule has 0 heterocycles. The van der Waals surface area contributed by atoms with Crippen LogP contribution in [0.4, 0.5) is 0 Å². The van der Waals surface area contributed by atoms with Crippen molar-refractivity contribution >= 4 is 0 Å². The Morgan fingerprint density at radius 3 is 2.53 bits per heavy atom. The maximum absolute atomic E-state index is 6.36. The maximum atomic E-state index is 6.36. The van der Waals surface area contributed by atoms with Crippen molar-refractivity contribution in [2.75, 3.05) is 6.54 Å². The van der Waals surface area contributed by atoms with Crippen LogP contribution < -0.4 is 5.32 Å². The molecule has 17 heavy (non-hydrogen) atoms. The minimum Gasteiger partial charge on any atom is -0.373 e. The fourth-order valence-corrected chi connectivity index (χ4v) is 2.94. The highest BCUT2D eigenvalue weighted by atomic mass is 16.5. The fraction of sp³-hybridized carbons (Fsp3) is 1.00. The largest absolute Gasteiger partial charge is 0.373 e. The van der Waals surface area contributed by atoms with Crippen LogP contribution in [-0.2, 0) is 4.74 Å². The molecule has 2 fully saturated rings. The molecule has 0 radical (unpaired) electrons. The zero-order chi connectivity index (χ0) is 12.1. The first-order valence-electron chi connectivity index (χ1n) is 7.72. The average molecular weight is 239 g/mol. The maximum Gasteiger partial charge on any atom is 0.0700 e. The van der Waals surface area contributed by atoms with Gasteiger partial charge in [0, 0.05) is 12.6 Å². The summed E-state index contributed by atoms with van der Waals surface area (Å²) in [5.41, 5.74) is 0. The van der Waals surface area contributed by atoms with E-state index >= 15 is 0 Å². The van der Waals surface area contributed by atoms with Gasteiger partial charge in [0.05, 0.1) is 12.2 Å². The molecule has 2 aliphatic carbocycles. The number of ether oxygens (including phenoxy) is 1. The van der Waals surface area contributed by atoms with Gasteiger partial charge in [-0.1, -0.05) is 33.1 Å². The lowest BCUT2D eigenvalue weighted by Gasteiger charge is -2.34. The number of rotatable bonds is 7. The van der Waals surface area contributed by atoms with Gasteiger partial charge in [-0.15, -0.1) is 0 Å². The van der Waals surface area contributed by atoms with Crippen molar-refractivity contribution in [2.45, 2.75) is 83.5 Å². The van der Waals surface area contributed by atoms with E-state index in [-0.39, 0.29) is 0 Å². The van der Waals surface area contributed by atoms with Crippen LogP contribution in [0.3, 0.4) is 0 Å². The van der Waals surface area contributed by atoms with Crippen LogP contribution in [0.2, 0.25) is 0 Å². The van der Waals surface area contributed by atoms with Crippen molar-refractivity contribution in [2.24, 2.45) is 5.92 Å². The molecule has 0 spiro atoms. The summed E-state index contributed by atoms with van der Waals surface area (Å²) < 4.78 is 6.36. The van der Waals surface area contributed by atoms with Crippen LogP contribution in [0.15, 0.2) is 0 Å². The second-order valence-corrected chi connectivity index (χ2v) is 5.84. The van der Waals surface area contributed by atoms with Crippen molar-refractivity contribution in [3.05, 3.63) is 0 Å². The molecule has 2 rings (SSSR count). The van der Waals surface area contributed by atoms with Crippen molar-refractivity contribution in [1.82, 2.24) is 5.32 Å². The van der Waals surface area contributed by atoms with Gasteiger partial charge in [0.2, 0.25) is 0 Å². The van der Waals surface area contributed by atoms with Gasteiger partial charge in [-0.2, -0.15) is 0 Å². The molecule has 2 saturated carbocycles. The highest BCUT2D eigenvalue weighted by Gasteiger charge is 2.27. The summed E-state index contributed by atoms with van der Waals surface area (Å²) >= 11 is 0. The van der Waals surface area contributed by atoms with Gasteiger partial charge in [0.15, 0.2) is 0 Å². The normalized spacial score (nSPS) is 31.4. The zero-order valence-electron chi connectivity index (χ0n) is 11.6. The molecule has 0 aromatic heterocycles. The van der Waals surface area contributed by atoms with E-state index in [0.29, 0.717) is 12.2 Å². The second-order valence-electron chi connectivity index (χ2n) is 5.84. The van der Waals surface area contributed by atoms with E-state index in [0.717, 1.165) is 24.9 Å². The molecule has 0 aromatic carbocycles. The van der Waals surface area contributed by atoms with Crippen LogP contribution >= 0.6 is 0 Å². The Bertz CT molecular complexity index is 215. The van der Waals surface area contributed by atoms with Crippen molar-refractivity contribution < 1.29 is 4.74 Å². The monoisotopic (exact) mass is 239 g/mol. The van der Waals surface area contributed by atoms with Gasteiger partial charge in [0.25, 0.3) is 0 Å². The molecule has 0 aromatic rings. The molecular formula is C15H29NO. The predicted octanol–water partition coefficient (Wildman–Crippen LogP) is 3.50. The zero-order valence-corrected chi connectivity index (χ0v) is 11.6. The molecule has 0 aliphatic heterocycles. The van der Waals surface area contributed by atoms with Crippen molar-refractivity contribution in [3.8, 4) is 0 Å². The summed E-state index contributed by atoms with van der Waals surface area (Å²) in [5.74, 6) is 0.818. The van der Waals surface area contributed by atoms with Gasteiger partial charge < -0.3 is 10.1 Å². The molecular weight excluding hydrogens is 210 g/mol. The Morgan fingerprint density at radius 1 is 1.12 bits per heavy atom. The van der Waals surface area contributed by atoms with E-state index in [1.807, 2.05) is 0 Å². The minimum absolute atomic E-state index is 0.438. The van der Waals surface area contributed by atoms with Gasteiger partial charge >= 0.3 is 0 Å². The third-order valence-electron chi connectivity index (χ3n) is 4.40. The first kappa shape index (κ1) is 13.4. The lowest BCUT2D eigenvalue weighted by molar-refractivity contribution is -0.0608. The quantitative estimate of drug-likeness (QED) is 0.734. The van der Waals surface area contributed by atoms with Gasteiger partial charge in [-0.05, 0) is 38.0 Å². The smallest absolute Gasteiger partial charge is 0.0700 e. The van der Waals surface area contributed by atoms with Crippen molar-refractivity contribution in [1.29, 1.82) is 0 Å². The Morgan fingerprint density at radius 2 is 1.88 bits per heavy atom. The SMILES string of the molecule is CCC(CNC1CC1)OC1CCCCC1CC. The molecule has 2 aliphatic rings. The first-order valence-corrected chi connectivity index (χ1v) is 7.72. The van der Waals surface area contributed by atoms with Gasteiger partial charge in [-0.25, -0.2) is 0 Å². The lowest BCUT2D eigenvalue weighted by atomic mass is 9.84. The molecule has 1 N–H and O–H groups in total. The third kappa shape index (κ3) is 4.26. The van der Waals surface area contributed by atoms with Crippen LogP contribution in [0.1, 0.15) is 65.2 Å². The predicted molar refractivity (Wildman–Crippen MR) is 72.2 cm³/mol. The molecule has 0 amide bonds. The summed E-state index contributed by atoms with van der Waals surface area (Å²) in [6, 6.07) is 0.806. The standard InChI is InChI=1S/C15H29NO/c1-3-12-7-5-6-8-15(12)17-14(4-2)11-16-13-9-10-13/h12-16H,3-11H2,1-2H3. The summed E-state index contributed by atoms with van der Waals surface area (Å²) in [6.07, 6.45) is 11.6. The molecule has 2 nitrogen and oxygen atoms in total. The molecule has 3 unspecified atom stereocenters. The van der Waals surface area contributed by atoms with Crippen molar-refractivity contribution in [3.63, 3.8) is 0 Å². The Hall–Kier alpha value is -0.0800. The minimum atomic E-state index is 0.438. The highest BCUT2D eigenvalue weighted by Crippen LogP contribution is 2.30. The van der Waals surface area contributed by atoms with Crippen LogP contribution in [0, 0.1) is 5.92 Å². The van der Waals surface area contributed by atoms with Gasteiger partial charge in [0.1, 0.15) is 0 Å². The Labute approximate surface area is 107 Å². The summed E-state index contributed by atoms with van der Waals surface area (Å²) in [5, 5.41) is 3.61. The van der Waals surface area contributed by atoms with Gasteiger partial charge in [-0.3, -0.25) is 0 Å². The highest BCUT2D eigenvalue weighted by molar-refractivity contribution is 4.83. The van der Waals surface area contributed by atoms with Crippen LogP contribution in [0.25, 0.3) is 0 Å². The van der Waals surface area contributed by atoms with E-state index in [1.54, 1.807) is 0 Å². The van der Waals surface area contributed by atoms with E-state index in [2.05, 4.69) is 19.2 Å². The molecule has 0 saturated heterocycles. The third-order valence-corrected chi connectivity index (χ3v) is 4.40. The van der Waals surface area contributed by atoms with E-state index < -0.39 is 0 Å². The molecule has 3 atom stereocenters. The topological polar surface area (TPSA) is 21.3 Å². The number of hydrogen-bond donors (Lipinski definition) is 1. The summed E-state index contributed by atoms with van der Waals surface area (Å²) in [7, 11) is 0. The lowest BCUT2D eigenvalue weighted by Crippen LogP contribution is -2.37. The summed E-state index contributed by atoms with van der Waals surface area (Å²) in [6.45, 7) is 5.63. The van der Waals surface area contributed by atoms with E-state index in [1.165, 1.54) is 44.9 Å². The van der Waals surface area contributed by atoms with E-state index in [9.17, 15) is 0 Å². The second kappa shape index (κ2) is 6.75. The summed E-state index contributed by atoms with van der Waals surface area (Å²) in [4.78, 5) is 0. The number of hydrogen-bond acceptors (Lipinski definition) is 2. The average Bonchev–Trinajstić information content (AvgIpc) is 3.19. The Balaban J connectivity index is 1.74. The molecule has 100 valence electrons. The fourth-order valence-electron chi connectivity index (χ4n) is 2.94.